The molecule has 0 unspecified atom stereocenters. The topological polar surface area (TPSA) is 9.23 Å². The highest BCUT2D eigenvalue weighted by Crippen LogP contribution is 1.97. The van der Waals surface area contributed by atoms with E-state index in [2.05, 4.69) is 36.4 Å². The maximum atomic E-state index is 5.72. The van der Waals surface area contributed by atoms with Gasteiger partial charge in [-0.05, 0) is 17.7 Å². The Hall–Kier alpha value is -0.870. The zero-order chi connectivity index (χ0) is 10.3. The fourth-order valence-corrected chi connectivity index (χ4v) is 2.78. The van der Waals surface area contributed by atoms with Crippen LogP contribution >= 0.6 is 0 Å². The molecule has 2 rings (SSSR count). The van der Waals surface area contributed by atoms with E-state index >= 15 is 0 Å². The van der Waals surface area contributed by atoms with Crippen molar-refractivity contribution < 1.29 is 24.7 Å². The average Bonchev–Trinajstić information content (AvgIpc) is 2.32. The molecule has 0 aliphatic heterocycles. The summed E-state index contributed by atoms with van der Waals surface area (Å²) in [6.07, 6.45) is 0. The van der Waals surface area contributed by atoms with Gasteiger partial charge in [0, 0.05) is 0 Å². The second kappa shape index (κ2) is 5.88. The Morgan fingerprint density at radius 1 is 0.800 bits per heavy atom. The van der Waals surface area contributed by atoms with Crippen molar-refractivity contribution >= 4 is 0 Å². The van der Waals surface area contributed by atoms with E-state index in [1.54, 1.807) is 0 Å². The van der Waals surface area contributed by atoms with Crippen LogP contribution in [-0.2, 0) is 9.67 Å². The number of benzene rings is 2. The van der Waals surface area contributed by atoms with Crippen LogP contribution in [0.1, 0.15) is 5.56 Å². The van der Waals surface area contributed by atoms with Crippen LogP contribution in [0.2, 0.25) is 0 Å². The standard InChI is InChI=1S/C13H12IO/c1-3-7-12(8-4-1)11-15-14-13-9-5-2-6-10-13/h1-10H,11H2/q+1. The molecule has 0 fully saturated rings. The van der Waals surface area contributed by atoms with Crippen LogP contribution < -0.4 is 21.6 Å². The normalized spacial score (nSPS) is 10.1. The molecule has 0 amide bonds. The Labute approximate surface area is 101 Å². The van der Waals surface area contributed by atoms with Gasteiger partial charge in [0.15, 0.2) is 0 Å². The summed E-state index contributed by atoms with van der Waals surface area (Å²) >= 11 is -0.299. The van der Waals surface area contributed by atoms with Crippen molar-refractivity contribution in [3.63, 3.8) is 0 Å². The van der Waals surface area contributed by atoms with E-state index < -0.39 is 0 Å². The van der Waals surface area contributed by atoms with Crippen LogP contribution in [0.5, 0.6) is 0 Å². The molecule has 2 aromatic rings. The molecule has 1 nitrogen and oxygen atoms in total. The molecule has 0 bridgehead atoms. The third-order valence-electron chi connectivity index (χ3n) is 1.94. The summed E-state index contributed by atoms with van der Waals surface area (Å²) in [5.74, 6) is 0. The van der Waals surface area contributed by atoms with Gasteiger partial charge in [-0.25, -0.2) is 0 Å². The summed E-state index contributed by atoms with van der Waals surface area (Å²) in [5.41, 5.74) is 1.24. The van der Waals surface area contributed by atoms with Crippen LogP contribution in [0.4, 0.5) is 0 Å². The van der Waals surface area contributed by atoms with Crippen molar-refractivity contribution in [3.05, 3.63) is 69.8 Å². The van der Waals surface area contributed by atoms with Crippen LogP contribution in [0.25, 0.3) is 0 Å². The highest BCUT2D eigenvalue weighted by atomic mass is 127. The van der Waals surface area contributed by atoms with Crippen LogP contribution in [0, 0.1) is 3.57 Å². The molecule has 0 heterocycles. The molecule has 0 spiro atoms. The van der Waals surface area contributed by atoms with Gasteiger partial charge in [-0.1, -0.05) is 48.5 Å². The summed E-state index contributed by atoms with van der Waals surface area (Å²) in [7, 11) is 0. The minimum Gasteiger partial charge on any atom is -0.137 e. The highest BCUT2D eigenvalue weighted by Gasteiger charge is 2.12. The Morgan fingerprint density at radius 2 is 1.40 bits per heavy atom. The minimum absolute atomic E-state index is 0.299. The van der Waals surface area contributed by atoms with Crippen molar-refractivity contribution in [2.45, 2.75) is 6.61 Å². The Morgan fingerprint density at radius 3 is 2.07 bits per heavy atom. The second-order valence-electron chi connectivity index (χ2n) is 3.11. The first-order chi connectivity index (χ1) is 7.45. The van der Waals surface area contributed by atoms with Crippen molar-refractivity contribution in [2.24, 2.45) is 0 Å². The third kappa shape index (κ3) is 3.64. The number of hydrogen-bond donors (Lipinski definition) is 0. The second-order valence-corrected chi connectivity index (χ2v) is 5.42. The van der Waals surface area contributed by atoms with Crippen molar-refractivity contribution in [1.82, 2.24) is 0 Å². The smallest absolute Gasteiger partial charge is 0.137 e. The molecule has 2 aromatic carbocycles. The highest BCUT2D eigenvalue weighted by molar-refractivity contribution is 5.13. The summed E-state index contributed by atoms with van der Waals surface area (Å²) in [6, 6.07) is 20.7. The van der Waals surface area contributed by atoms with Crippen molar-refractivity contribution in [3.8, 4) is 0 Å². The summed E-state index contributed by atoms with van der Waals surface area (Å²) < 4.78 is 7.04. The Balaban J connectivity index is 1.81. The maximum Gasteiger partial charge on any atom is 0.522 e. The molecule has 0 aliphatic carbocycles. The van der Waals surface area contributed by atoms with Gasteiger partial charge in [-0.15, -0.1) is 3.07 Å². The first-order valence-corrected chi connectivity index (χ1v) is 6.77. The van der Waals surface area contributed by atoms with Crippen LogP contribution in [-0.4, -0.2) is 0 Å². The Bertz CT molecular complexity index is 346. The van der Waals surface area contributed by atoms with Gasteiger partial charge < -0.3 is 0 Å². The van der Waals surface area contributed by atoms with Crippen LogP contribution in [0.3, 0.4) is 0 Å². The SMILES string of the molecule is c1ccc(CO[I+]c2ccccc2)cc1. The van der Waals surface area contributed by atoms with Gasteiger partial charge in [-0.2, -0.15) is 0 Å². The lowest BCUT2D eigenvalue weighted by molar-refractivity contribution is -0.881. The van der Waals surface area contributed by atoms with Gasteiger partial charge in [-0.3, -0.25) is 0 Å². The zero-order valence-corrected chi connectivity index (χ0v) is 10.4. The number of halogens is 1. The maximum absolute atomic E-state index is 5.72. The van der Waals surface area contributed by atoms with E-state index in [1.165, 1.54) is 9.13 Å². The first kappa shape index (κ1) is 10.6. The van der Waals surface area contributed by atoms with Crippen LogP contribution in [0.15, 0.2) is 60.7 Å². The summed E-state index contributed by atoms with van der Waals surface area (Å²) in [5, 5.41) is 0. The molecule has 76 valence electrons. The predicted octanol–water partition coefficient (Wildman–Crippen LogP) is 0.0770. The van der Waals surface area contributed by atoms with E-state index in [-0.39, 0.29) is 21.6 Å². The van der Waals surface area contributed by atoms with E-state index in [0.29, 0.717) is 0 Å². The minimum atomic E-state index is -0.299. The van der Waals surface area contributed by atoms with Crippen molar-refractivity contribution in [1.29, 1.82) is 0 Å². The van der Waals surface area contributed by atoms with Gasteiger partial charge >= 0.3 is 21.6 Å². The largest absolute Gasteiger partial charge is 0.522 e. The zero-order valence-electron chi connectivity index (χ0n) is 8.27. The number of hydrogen-bond acceptors (Lipinski definition) is 1. The van der Waals surface area contributed by atoms with Gasteiger partial charge in [0.1, 0.15) is 6.61 Å². The molecular weight excluding hydrogens is 299 g/mol. The molecule has 15 heavy (non-hydrogen) atoms. The van der Waals surface area contributed by atoms with E-state index in [4.69, 9.17) is 3.07 Å². The molecule has 2 heteroatoms. The van der Waals surface area contributed by atoms with Gasteiger partial charge in [0.25, 0.3) is 0 Å². The lowest BCUT2D eigenvalue weighted by atomic mass is 10.2. The fraction of sp³-hybridized carbons (Fsp3) is 0.0769. The average molecular weight is 311 g/mol. The van der Waals surface area contributed by atoms with E-state index in [1.807, 2.05) is 24.3 Å². The summed E-state index contributed by atoms with van der Waals surface area (Å²) in [4.78, 5) is 0. The third-order valence-corrected chi connectivity index (χ3v) is 3.79. The van der Waals surface area contributed by atoms with Crippen molar-refractivity contribution in [2.75, 3.05) is 0 Å². The molecule has 0 saturated carbocycles. The molecule has 0 N–H and O–H groups in total. The van der Waals surface area contributed by atoms with Gasteiger partial charge in [0.05, 0.1) is 0 Å². The molecule has 0 atom stereocenters. The van der Waals surface area contributed by atoms with E-state index in [0.717, 1.165) is 6.61 Å². The number of rotatable bonds is 4. The lowest BCUT2D eigenvalue weighted by Crippen LogP contribution is -3.61. The molecule has 0 aliphatic rings. The van der Waals surface area contributed by atoms with E-state index in [9.17, 15) is 0 Å². The first-order valence-electron chi connectivity index (χ1n) is 4.81. The molecule has 0 radical (unpaired) electrons. The fourth-order valence-electron chi connectivity index (χ4n) is 1.19. The monoisotopic (exact) mass is 311 g/mol. The lowest BCUT2D eigenvalue weighted by Gasteiger charge is -1.92. The van der Waals surface area contributed by atoms with Gasteiger partial charge in [0.2, 0.25) is 3.57 Å². The quantitative estimate of drug-likeness (QED) is 0.727. The summed E-state index contributed by atoms with van der Waals surface area (Å²) in [6.45, 7) is 0.725. The molecule has 0 aromatic heterocycles. The molecular formula is C13H12IO+. The predicted molar refractivity (Wildman–Crippen MR) is 56.4 cm³/mol. The molecule has 0 saturated heterocycles. The Kier molecular flexibility index (Phi) is 4.17.